The highest BCUT2D eigenvalue weighted by molar-refractivity contribution is 9.25. The second kappa shape index (κ2) is 4.09. The molecule has 1 aromatic heterocycles. The number of aliphatic imine (C=N–C) groups is 1. The molecule has 6 nitrogen and oxygen atoms in total. The van der Waals surface area contributed by atoms with Gasteiger partial charge in [0.2, 0.25) is 5.95 Å². The van der Waals surface area contributed by atoms with Crippen molar-refractivity contribution in [3.8, 4) is 0 Å². The number of rotatable bonds is 1. The van der Waals surface area contributed by atoms with E-state index in [4.69, 9.17) is 5.73 Å². The largest absolute Gasteiger partial charge is 0.369 e. The highest BCUT2D eigenvalue weighted by atomic mass is 79.9. The molecule has 0 unspecified atom stereocenters. The number of anilines is 2. The van der Waals surface area contributed by atoms with E-state index in [-0.39, 0.29) is 20.9 Å². The second-order valence-corrected chi connectivity index (χ2v) is 7.26. The molecule has 4 N–H and O–H groups in total. The normalized spacial score (nSPS) is 17.4. The lowest BCUT2D eigenvalue weighted by molar-refractivity contribution is 0.738. The molecule has 0 spiro atoms. The highest BCUT2D eigenvalue weighted by Crippen LogP contribution is 2.33. The number of alkyl halides is 2. The zero-order valence-corrected chi connectivity index (χ0v) is 12.4. The van der Waals surface area contributed by atoms with Crippen molar-refractivity contribution in [2.75, 3.05) is 11.1 Å². The van der Waals surface area contributed by atoms with Gasteiger partial charge in [0.05, 0.1) is 11.3 Å². The lowest BCUT2D eigenvalue weighted by Gasteiger charge is -2.33. The lowest BCUT2D eigenvalue weighted by Crippen LogP contribution is -2.46. The van der Waals surface area contributed by atoms with Crippen molar-refractivity contribution >= 4 is 55.0 Å². The van der Waals surface area contributed by atoms with Gasteiger partial charge in [0.15, 0.2) is 11.5 Å². The lowest BCUT2D eigenvalue weighted by atomic mass is 9.97. The standard InChI is InChI=1S/C9H11Br2N5O/c1-9(2)4(5(10)11)13-3-6(16-9)14-8(12)15-7(3)17/h5H,1-2H3,(H4,12,14,15,16,17). The van der Waals surface area contributed by atoms with Crippen LogP contribution >= 0.6 is 31.9 Å². The summed E-state index contributed by atoms with van der Waals surface area (Å²) in [4.78, 5) is 22.5. The smallest absolute Gasteiger partial charge is 0.280 e. The third kappa shape index (κ3) is 2.23. The van der Waals surface area contributed by atoms with Crippen LogP contribution in [0.25, 0.3) is 0 Å². The fourth-order valence-corrected chi connectivity index (χ4v) is 2.97. The fraction of sp³-hybridized carbons (Fsp3) is 0.444. The number of aromatic nitrogens is 2. The van der Waals surface area contributed by atoms with Crippen molar-refractivity contribution in [1.82, 2.24) is 9.97 Å². The van der Waals surface area contributed by atoms with Crippen LogP contribution in [0.5, 0.6) is 0 Å². The number of nitrogen functional groups attached to an aromatic ring is 1. The van der Waals surface area contributed by atoms with Gasteiger partial charge in [-0.15, -0.1) is 0 Å². The van der Waals surface area contributed by atoms with E-state index < -0.39 is 5.54 Å². The van der Waals surface area contributed by atoms with E-state index in [1.54, 1.807) is 0 Å². The molecule has 0 bridgehead atoms. The first kappa shape index (κ1) is 12.6. The Balaban J connectivity index is 2.66. The summed E-state index contributed by atoms with van der Waals surface area (Å²) in [6, 6.07) is 0. The van der Waals surface area contributed by atoms with Crippen LogP contribution in [0.3, 0.4) is 0 Å². The number of hydrogen-bond donors (Lipinski definition) is 3. The Morgan fingerprint density at radius 3 is 2.65 bits per heavy atom. The molecule has 0 atom stereocenters. The van der Waals surface area contributed by atoms with Crippen molar-refractivity contribution in [2.45, 2.75) is 23.1 Å². The molecular formula is C9H11Br2N5O. The average Bonchev–Trinajstić information content (AvgIpc) is 2.13. The molecule has 2 heterocycles. The Bertz CT molecular complexity index is 549. The predicted octanol–water partition coefficient (Wildman–Crippen LogP) is 1.74. The third-order valence-electron chi connectivity index (χ3n) is 2.42. The van der Waals surface area contributed by atoms with Crippen LogP contribution in [0, 0.1) is 0 Å². The minimum absolute atomic E-state index is 0.0740. The molecule has 92 valence electrons. The molecule has 17 heavy (non-hydrogen) atoms. The number of halogens is 2. The number of nitrogens with zero attached hydrogens (tertiary/aromatic N) is 2. The molecule has 1 aliphatic heterocycles. The molecule has 0 radical (unpaired) electrons. The Morgan fingerprint density at radius 2 is 2.06 bits per heavy atom. The summed E-state index contributed by atoms with van der Waals surface area (Å²) in [5.74, 6) is 0.477. The van der Waals surface area contributed by atoms with Gasteiger partial charge in [-0.25, -0.2) is 4.99 Å². The van der Waals surface area contributed by atoms with Crippen molar-refractivity contribution in [3.05, 3.63) is 10.4 Å². The molecule has 1 aromatic rings. The maximum absolute atomic E-state index is 11.7. The summed E-state index contributed by atoms with van der Waals surface area (Å²) in [6.07, 6.45) is 0. The number of H-pyrrole nitrogens is 1. The van der Waals surface area contributed by atoms with Gasteiger partial charge in [-0.3, -0.25) is 9.78 Å². The van der Waals surface area contributed by atoms with Crippen LogP contribution in [0.2, 0.25) is 0 Å². The maximum atomic E-state index is 11.7. The van der Waals surface area contributed by atoms with E-state index in [2.05, 4.69) is 52.1 Å². The van der Waals surface area contributed by atoms with Gasteiger partial charge in [0.25, 0.3) is 5.56 Å². The average molecular weight is 365 g/mol. The van der Waals surface area contributed by atoms with Gasteiger partial charge < -0.3 is 11.1 Å². The van der Waals surface area contributed by atoms with Crippen LogP contribution in [0.1, 0.15) is 13.8 Å². The van der Waals surface area contributed by atoms with Crippen molar-refractivity contribution in [2.24, 2.45) is 4.99 Å². The third-order valence-corrected chi connectivity index (χ3v) is 3.29. The van der Waals surface area contributed by atoms with Gasteiger partial charge in [-0.2, -0.15) is 4.98 Å². The van der Waals surface area contributed by atoms with Crippen LogP contribution in [-0.4, -0.2) is 25.0 Å². The summed E-state index contributed by atoms with van der Waals surface area (Å²) >= 11 is 6.78. The molecular weight excluding hydrogens is 354 g/mol. The van der Waals surface area contributed by atoms with Gasteiger partial charge >= 0.3 is 0 Å². The number of nitrogens with one attached hydrogen (secondary N) is 2. The topological polar surface area (TPSA) is 96.2 Å². The molecule has 0 aromatic carbocycles. The van der Waals surface area contributed by atoms with Gasteiger partial charge in [-0.05, 0) is 13.8 Å². The second-order valence-electron chi connectivity index (χ2n) is 4.20. The molecule has 2 rings (SSSR count). The Labute approximate surface area is 114 Å². The molecule has 0 saturated carbocycles. The zero-order chi connectivity index (χ0) is 12.8. The Morgan fingerprint density at radius 1 is 1.41 bits per heavy atom. The molecule has 0 aliphatic carbocycles. The number of aromatic amines is 1. The number of nitrogens with two attached hydrogens (primary N) is 1. The van der Waals surface area contributed by atoms with Crippen LogP contribution in [0.15, 0.2) is 9.79 Å². The summed E-state index contributed by atoms with van der Waals surface area (Å²) in [5, 5.41) is 3.15. The van der Waals surface area contributed by atoms with Crippen molar-refractivity contribution < 1.29 is 0 Å². The molecule has 1 aliphatic rings. The van der Waals surface area contributed by atoms with E-state index >= 15 is 0 Å². The van der Waals surface area contributed by atoms with E-state index in [1.807, 2.05) is 13.8 Å². The summed E-state index contributed by atoms with van der Waals surface area (Å²) in [5.41, 5.74) is 5.73. The first-order chi connectivity index (χ1) is 7.81. The Kier molecular flexibility index (Phi) is 3.03. The zero-order valence-electron chi connectivity index (χ0n) is 9.21. The molecule has 0 amide bonds. The van der Waals surface area contributed by atoms with E-state index in [0.717, 1.165) is 5.71 Å². The van der Waals surface area contributed by atoms with E-state index in [1.165, 1.54) is 0 Å². The minimum atomic E-state index is -0.419. The van der Waals surface area contributed by atoms with Gasteiger partial charge in [0, 0.05) is 0 Å². The van der Waals surface area contributed by atoms with Crippen molar-refractivity contribution in [1.29, 1.82) is 0 Å². The minimum Gasteiger partial charge on any atom is -0.369 e. The molecule has 0 saturated heterocycles. The maximum Gasteiger partial charge on any atom is 0.280 e. The van der Waals surface area contributed by atoms with Gasteiger partial charge in [0.1, 0.15) is 3.74 Å². The fourth-order valence-electron chi connectivity index (χ4n) is 1.62. The summed E-state index contributed by atoms with van der Waals surface area (Å²) < 4.78 is -0.123. The number of hydrogen-bond acceptors (Lipinski definition) is 5. The van der Waals surface area contributed by atoms with Crippen LogP contribution < -0.4 is 16.6 Å². The van der Waals surface area contributed by atoms with Crippen LogP contribution in [0.4, 0.5) is 17.5 Å². The Hall–Kier alpha value is -0.890. The summed E-state index contributed by atoms with van der Waals surface area (Å²) in [7, 11) is 0. The molecule has 8 heteroatoms. The summed E-state index contributed by atoms with van der Waals surface area (Å²) in [6.45, 7) is 3.90. The number of fused-ring (bicyclic) bond motifs is 1. The van der Waals surface area contributed by atoms with Crippen molar-refractivity contribution in [3.63, 3.8) is 0 Å². The monoisotopic (exact) mass is 363 g/mol. The molecule has 0 fully saturated rings. The van der Waals surface area contributed by atoms with Crippen LogP contribution in [-0.2, 0) is 0 Å². The SMILES string of the molecule is CC1(C)Nc2nc(N)[nH]c(=O)c2N=C1C(Br)Br. The van der Waals surface area contributed by atoms with Gasteiger partial charge in [-0.1, -0.05) is 31.9 Å². The first-order valence-corrected chi connectivity index (χ1v) is 6.69. The van der Waals surface area contributed by atoms with E-state index in [0.29, 0.717) is 5.82 Å². The highest BCUT2D eigenvalue weighted by Gasteiger charge is 2.34. The first-order valence-electron chi connectivity index (χ1n) is 4.86. The van der Waals surface area contributed by atoms with E-state index in [9.17, 15) is 4.79 Å². The quantitative estimate of drug-likeness (QED) is 0.661. The predicted molar refractivity (Wildman–Crippen MR) is 75.7 cm³/mol.